The van der Waals surface area contributed by atoms with Crippen molar-refractivity contribution in [3.63, 3.8) is 0 Å². The quantitative estimate of drug-likeness (QED) is 0.658. The summed E-state index contributed by atoms with van der Waals surface area (Å²) >= 11 is 7.31. The maximum absolute atomic E-state index is 12.3. The molecule has 2 aromatic carbocycles. The summed E-state index contributed by atoms with van der Waals surface area (Å²) in [5, 5.41) is 1.44. The molecule has 0 unspecified atom stereocenters. The number of aromatic nitrogens is 1. The van der Waals surface area contributed by atoms with Gasteiger partial charge in [0.2, 0.25) is 0 Å². The summed E-state index contributed by atoms with van der Waals surface area (Å²) in [5.41, 5.74) is 1.98. The normalized spacial score (nSPS) is 11.0. The second-order valence-corrected chi connectivity index (χ2v) is 5.59. The molecular formula is C14H10ClNOS. The Labute approximate surface area is 113 Å². The Morgan fingerprint density at radius 3 is 2.56 bits per heavy atom. The Kier molecular flexibility index (Phi) is 2.73. The molecule has 3 aromatic rings. The van der Waals surface area contributed by atoms with Crippen molar-refractivity contribution in [1.29, 1.82) is 0 Å². The van der Waals surface area contributed by atoms with Gasteiger partial charge in [-0.05, 0) is 43.3 Å². The molecule has 3 rings (SSSR count). The number of nitrogens with zero attached hydrogens (tertiary/aromatic N) is 1. The first-order valence-electron chi connectivity index (χ1n) is 5.54. The van der Waals surface area contributed by atoms with E-state index >= 15 is 0 Å². The minimum Gasteiger partial charge on any atom is -0.267 e. The van der Waals surface area contributed by atoms with Crippen LogP contribution in [0, 0.1) is 6.92 Å². The van der Waals surface area contributed by atoms with E-state index in [1.807, 2.05) is 37.3 Å². The summed E-state index contributed by atoms with van der Waals surface area (Å²) in [4.78, 5) is 12.3. The summed E-state index contributed by atoms with van der Waals surface area (Å²) in [6.07, 6.45) is 0. The number of hydrogen-bond donors (Lipinski definition) is 0. The van der Waals surface area contributed by atoms with Crippen LogP contribution in [0.3, 0.4) is 0 Å². The van der Waals surface area contributed by atoms with Crippen LogP contribution in [0.2, 0.25) is 5.02 Å². The number of hydrogen-bond acceptors (Lipinski definition) is 2. The standard InChI is InChI=1S/C14H10ClNOS/c1-9-2-7-13-12(8-9)14(17)16(18-13)11-5-3-10(15)4-6-11/h2-8H,1H3. The maximum atomic E-state index is 12.3. The smallest absolute Gasteiger partial charge is 0.267 e. The van der Waals surface area contributed by atoms with Gasteiger partial charge in [0.15, 0.2) is 0 Å². The van der Waals surface area contributed by atoms with Gasteiger partial charge in [-0.25, -0.2) is 3.96 Å². The topological polar surface area (TPSA) is 22.0 Å². The van der Waals surface area contributed by atoms with Crippen LogP contribution >= 0.6 is 23.1 Å². The highest BCUT2D eigenvalue weighted by Crippen LogP contribution is 2.22. The average Bonchev–Trinajstić information content (AvgIpc) is 2.68. The monoisotopic (exact) mass is 275 g/mol. The molecule has 90 valence electrons. The lowest BCUT2D eigenvalue weighted by molar-refractivity contribution is 1.14. The molecule has 0 radical (unpaired) electrons. The summed E-state index contributed by atoms with van der Waals surface area (Å²) in [6.45, 7) is 1.99. The van der Waals surface area contributed by atoms with Crippen LogP contribution in [0.25, 0.3) is 15.8 Å². The van der Waals surface area contributed by atoms with Gasteiger partial charge in [0.05, 0.1) is 15.8 Å². The van der Waals surface area contributed by atoms with Crippen LogP contribution in [-0.4, -0.2) is 3.96 Å². The van der Waals surface area contributed by atoms with Crippen LogP contribution in [0.5, 0.6) is 0 Å². The van der Waals surface area contributed by atoms with Crippen molar-refractivity contribution < 1.29 is 0 Å². The van der Waals surface area contributed by atoms with Crippen LogP contribution in [0.4, 0.5) is 0 Å². The van der Waals surface area contributed by atoms with Gasteiger partial charge in [-0.15, -0.1) is 0 Å². The number of rotatable bonds is 1. The molecule has 0 aliphatic rings. The van der Waals surface area contributed by atoms with Crippen LogP contribution < -0.4 is 5.56 Å². The third-order valence-corrected chi connectivity index (χ3v) is 4.16. The molecule has 0 N–H and O–H groups in total. The highest BCUT2D eigenvalue weighted by molar-refractivity contribution is 7.14. The largest absolute Gasteiger partial charge is 0.273 e. The van der Waals surface area contributed by atoms with E-state index in [9.17, 15) is 4.79 Å². The molecule has 0 saturated heterocycles. The molecule has 0 atom stereocenters. The molecule has 0 saturated carbocycles. The van der Waals surface area contributed by atoms with Crippen molar-refractivity contribution in [2.75, 3.05) is 0 Å². The number of fused-ring (bicyclic) bond motifs is 1. The van der Waals surface area contributed by atoms with Crippen LogP contribution in [0.1, 0.15) is 5.56 Å². The van der Waals surface area contributed by atoms with Gasteiger partial charge in [0.1, 0.15) is 0 Å². The van der Waals surface area contributed by atoms with E-state index in [0.717, 1.165) is 21.3 Å². The first-order chi connectivity index (χ1) is 8.65. The lowest BCUT2D eigenvalue weighted by atomic mass is 10.2. The molecule has 0 aliphatic heterocycles. The minimum absolute atomic E-state index is 0.0287. The first kappa shape index (κ1) is 11.5. The lowest BCUT2D eigenvalue weighted by Crippen LogP contribution is -2.10. The van der Waals surface area contributed by atoms with E-state index < -0.39 is 0 Å². The predicted octanol–water partition coefficient (Wildman–Crippen LogP) is 4.01. The van der Waals surface area contributed by atoms with Gasteiger partial charge in [-0.1, -0.05) is 34.8 Å². The molecule has 1 heterocycles. The van der Waals surface area contributed by atoms with E-state index in [4.69, 9.17) is 11.6 Å². The fourth-order valence-electron chi connectivity index (χ4n) is 1.89. The highest BCUT2D eigenvalue weighted by atomic mass is 35.5. The van der Waals surface area contributed by atoms with E-state index in [0.29, 0.717) is 5.02 Å². The molecular weight excluding hydrogens is 266 g/mol. The number of aryl methyl sites for hydroxylation is 1. The summed E-state index contributed by atoms with van der Waals surface area (Å²) in [6, 6.07) is 13.2. The third kappa shape index (κ3) is 1.85. The van der Waals surface area contributed by atoms with Crippen LogP contribution in [0.15, 0.2) is 47.3 Å². The van der Waals surface area contributed by atoms with E-state index in [1.54, 1.807) is 16.1 Å². The first-order valence-corrected chi connectivity index (χ1v) is 6.69. The predicted molar refractivity (Wildman–Crippen MR) is 77.2 cm³/mol. The van der Waals surface area contributed by atoms with Gasteiger partial charge < -0.3 is 0 Å². The number of benzene rings is 2. The maximum Gasteiger partial charge on any atom is 0.273 e. The third-order valence-electron chi connectivity index (χ3n) is 2.80. The zero-order valence-electron chi connectivity index (χ0n) is 9.68. The molecule has 0 aliphatic carbocycles. The Morgan fingerprint density at radius 2 is 1.83 bits per heavy atom. The van der Waals surface area contributed by atoms with Crippen molar-refractivity contribution in [3.8, 4) is 5.69 Å². The lowest BCUT2D eigenvalue weighted by Gasteiger charge is -1.99. The fraction of sp³-hybridized carbons (Fsp3) is 0.0714. The Balaban J connectivity index is 2.27. The summed E-state index contributed by atoms with van der Waals surface area (Å²) in [7, 11) is 0. The van der Waals surface area contributed by atoms with Gasteiger partial charge in [0, 0.05) is 5.02 Å². The van der Waals surface area contributed by atoms with E-state index in [1.165, 1.54) is 11.5 Å². The molecule has 18 heavy (non-hydrogen) atoms. The van der Waals surface area contributed by atoms with E-state index in [-0.39, 0.29) is 5.56 Å². The van der Waals surface area contributed by atoms with Gasteiger partial charge in [-0.2, -0.15) is 0 Å². The summed E-state index contributed by atoms with van der Waals surface area (Å²) < 4.78 is 2.70. The second-order valence-electron chi connectivity index (χ2n) is 4.17. The van der Waals surface area contributed by atoms with Crippen molar-refractivity contribution >= 4 is 33.2 Å². The SMILES string of the molecule is Cc1ccc2sn(-c3ccc(Cl)cc3)c(=O)c2c1. The molecule has 4 heteroatoms. The Bertz CT molecular complexity index is 771. The molecule has 0 amide bonds. The van der Waals surface area contributed by atoms with Gasteiger partial charge in [-0.3, -0.25) is 4.79 Å². The molecule has 1 aromatic heterocycles. The zero-order valence-corrected chi connectivity index (χ0v) is 11.3. The molecule has 0 fully saturated rings. The molecule has 2 nitrogen and oxygen atoms in total. The Hall–Kier alpha value is -1.58. The highest BCUT2D eigenvalue weighted by Gasteiger charge is 2.08. The van der Waals surface area contributed by atoms with Crippen LogP contribution in [-0.2, 0) is 0 Å². The minimum atomic E-state index is 0.0287. The number of halogens is 1. The fourth-order valence-corrected chi connectivity index (χ4v) is 2.99. The van der Waals surface area contributed by atoms with Crippen molar-refractivity contribution in [1.82, 2.24) is 3.96 Å². The molecule has 0 bridgehead atoms. The van der Waals surface area contributed by atoms with E-state index in [2.05, 4.69) is 0 Å². The second kappa shape index (κ2) is 4.26. The molecule has 0 spiro atoms. The van der Waals surface area contributed by atoms with Gasteiger partial charge >= 0.3 is 0 Å². The average molecular weight is 276 g/mol. The Morgan fingerprint density at radius 1 is 1.11 bits per heavy atom. The van der Waals surface area contributed by atoms with Gasteiger partial charge in [0.25, 0.3) is 5.56 Å². The van der Waals surface area contributed by atoms with Crippen molar-refractivity contribution in [2.45, 2.75) is 6.92 Å². The van der Waals surface area contributed by atoms with Crippen molar-refractivity contribution in [3.05, 3.63) is 63.4 Å². The zero-order chi connectivity index (χ0) is 12.7. The van der Waals surface area contributed by atoms with Crippen molar-refractivity contribution in [2.24, 2.45) is 0 Å². The summed E-state index contributed by atoms with van der Waals surface area (Å²) in [5.74, 6) is 0.